The predicted octanol–water partition coefficient (Wildman–Crippen LogP) is 2.47. The topological polar surface area (TPSA) is 123 Å². The SMILES string of the molecule is CCOC(=O)c1cc2c(=O)n3ccccc3nc2n(CC2CCCO2)c1=NC(=O)c1ccc2c(c1)OCO2. The third-order valence-electron chi connectivity index (χ3n) is 6.52. The van der Waals surface area contributed by atoms with Gasteiger partial charge in [-0.15, -0.1) is 0 Å². The van der Waals surface area contributed by atoms with Crippen molar-refractivity contribution < 1.29 is 28.5 Å². The molecule has 2 aliphatic rings. The molecule has 0 saturated carbocycles. The number of aromatic nitrogens is 3. The van der Waals surface area contributed by atoms with E-state index in [1.807, 2.05) is 0 Å². The summed E-state index contributed by atoms with van der Waals surface area (Å²) in [7, 11) is 0. The van der Waals surface area contributed by atoms with E-state index in [0.717, 1.165) is 12.8 Å². The third kappa shape index (κ3) is 4.20. The number of ether oxygens (including phenoxy) is 4. The summed E-state index contributed by atoms with van der Waals surface area (Å²) >= 11 is 0. The van der Waals surface area contributed by atoms with Crippen molar-refractivity contribution in [3.63, 3.8) is 0 Å². The summed E-state index contributed by atoms with van der Waals surface area (Å²) in [6, 6.07) is 11.4. The number of pyridine rings is 2. The van der Waals surface area contributed by atoms with E-state index in [0.29, 0.717) is 29.4 Å². The fraction of sp³-hybridized carbons (Fsp3) is 0.296. The van der Waals surface area contributed by atoms with Crippen LogP contribution in [0.4, 0.5) is 0 Å². The zero-order chi connectivity index (χ0) is 26.2. The molecule has 1 fully saturated rings. The number of fused-ring (bicyclic) bond motifs is 3. The van der Waals surface area contributed by atoms with Crippen molar-refractivity contribution in [2.24, 2.45) is 4.99 Å². The second-order valence-corrected chi connectivity index (χ2v) is 8.92. The van der Waals surface area contributed by atoms with Crippen LogP contribution in [0.1, 0.15) is 40.5 Å². The van der Waals surface area contributed by atoms with Crippen LogP contribution in [0.5, 0.6) is 11.5 Å². The molecule has 4 aromatic rings. The average Bonchev–Trinajstić information content (AvgIpc) is 3.62. The lowest BCUT2D eigenvalue weighted by atomic mass is 10.1. The van der Waals surface area contributed by atoms with Crippen LogP contribution in [0.15, 0.2) is 58.4 Å². The summed E-state index contributed by atoms with van der Waals surface area (Å²) in [6.45, 7) is 2.69. The van der Waals surface area contributed by atoms with Gasteiger partial charge in [-0.25, -0.2) is 9.78 Å². The molecule has 1 aromatic carbocycles. The number of nitrogens with zero attached hydrogens (tertiary/aromatic N) is 4. The molecule has 38 heavy (non-hydrogen) atoms. The minimum Gasteiger partial charge on any atom is -0.462 e. The minimum atomic E-state index is -0.703. The Morgan fingerprint density at radius 1 is 1.16 bits per heavy atom. The minimum absolute atomic E-state index is 0.0128. The first-order valence-corrected chi connectivity index (χ1v) is 12.4. The van der Waals surface area contributed by atoms with Gasteiger partial charge in [0.2, 0.25) is 6.79 Å². The van der Waals surface area contributed by atoms with Gasteiger partial charge in [0.05, 0.1) is 24.6 Å². The van der Waals surface area contributed by atoms with Crippen LogP contribution < -0.4 is 20.5 Å². The number of hydrogen-bond acceptors (Lipinski definition) is 8. The lowest BCUT2D eigenvalue weighted by Crippen LogP contribution is -2.35. The van der Waals surface area contributed by atoms with Crippen molar-refractivity contribution >= 4 is 28.6 Å². The number of amides is 1. The van der Waals surface area contributed by atoms with Gasteiger partial charge in [0, 0.05) is 18.4 Å². The highest BCUT2D eigenvalue weighted by Crippen LogP contribution is 2.32. The maximum absolute atomic E-state index is 13.5. The van der Waals surface area contributed by atoms with Crippen molar-refractivity contribution in [1.82, 2.24) is 14.0 Å². The van der Waals surface area contributed by atoms with Gasteiger partial charge >= 0.3 is 5.97 Å². The largest absolute Gasteiger partial charge is 0.462 e. The number of esters is 1. The Morgan fingerprint density at radius 3 is 2.84 bits per heavy atom. The van der Waals surface area contributed by atoms with Crippen LogP contribution in [0.3, 0.4) is 0 Å². The number of rotatable bonds is 5. The van der Waals surface area contributed by atoms with E-state index in [1.165, 1.54) is 10.5 Å². The summed E-state index contributed by atoms with van der Waals surface area (Å²) in [5.41, 5.74) is 0.637. The molecular formula is C27H24N4O7. The Balaban J connectivity index is 1.64. The Labute approximate surface area is 215 Å². The van der Waals surface area contributed by atoms with E-state index in [9.17, 15) is 14.4 Å². The molecule has 11 heteroatoms. The van der Waals surface area contributed by atoms with Gasteiger partial charge in [-0.2, -0.15) is 4.99 Å². The van der Waals surface area contributed by atoms with Crippen molar-refractivity contribution in [2.45, 2.75) is 32.4 Å². The van der Waals surface area contributed by atoms with Gasteiger partial charge in [-0.05, 0) is 56.2 Å². The van der Waals surface area contributed by atoms with Gasteiger partial charge in [-0.3, -0.25) is 14.0 Å². The Hall–Kier alpha value is -4.51. The molecule has 5 heterocycles. The zero-order valence-electron chi connectivity index (χ0n) is 20.6. The highest BCUT2D eigenvalue weighted by Gasteiger charge is 2.24. The second-order valence-electron chi connectivity index (χ2n) is 8.92. The Bertz CT molecular complexity index is 1720. The first-order valence-electron chi connectivity index (χ1n) is 12.4. The molecule has 0 spiro atoms. The highest BCUT2D eigenvalue weighted by atomic mass is 16.7. The quantitative estimate of drug-likeness (QED) is 0.293. The number of benzene rings is 1. The molecule has 1 atom stereocenters. The molecule has 1 amide bonds. The van der Waals surface area contributed by atoms with Gasteiger partial charge < -0.3 is 23.5 Å². The molecule has 11 nitrogen and oxygen atoms in total. The standard InChI is InChI=1S/C27H24N4O7/c1-2-35-27(34)19-13-18-23(28-22-7-3-4-10-30(22)26(18)33)31(14-17-6-5-11-36-17)24(19)29-25(32)16-8-9-20-21(12-16)38-15-37-20/h3-4,7-10,12-13,17H,2,5-6,11,14-15H2,1H3. The van der Waals surface area contributed by atoms with Crippen molar-refractivity contribution in [3.8, 4) is 11.5 Å². The lowest BCUT2D eigenvalue weighted by Gasteiger charge is -2.18. The Morgan fingerprint density at radius 2 is 2.03 bits per heavy atom. The molecule has 6 rings (SSSR count). The summed E-state index contributed by atoms with van der Waals surface area (Å²) in [5.74, 6) is -0.342. The lowest BCUT2D eigenvalue weighted by molar-refractivity contribution is 0.0521. The summed E-state index contributed by atoms with van der Waals surface area (Å²) in [6.07, 6.45) is 3.06. The fourth-order valence-corrected chi connectivity index (χ4v) is 4.71. The molecule has 3 aromatic heterocycles. The average molecular weight is 517 g/mol. The van der Waals surface area contributed by atoms with Crippen LogP contribution in [-0.2, 0) is 16.0 Å². The molecule has 1 saturated heterocycles. The van der Waals surface area contributed by atoms with E-state index < -0.39 is 11.9 Å². The van der Waals surface area contributed by atoms with E-state index in [2.05, 4.69) is 4.99 Å². The molecule has 0 aliphatic carbocycles. The van der Waals surface area contributed by atoms with Crippen LogP contribution in [0.2, 0.25) is 0 Å². The molecule has 1 unspecified atom stereocenters. The zero-order valence-corrected chi connectivity index (χ0v) is 20.6. The number of hydrogen-bond donors (Lipinski definition) is 0. The Kier molecular flexibility index (Phi) is 6.12. The summed E-state index contributed by atoms with van der Waals surface area (Å²) in [5, 5.41) is 0.198. The first kappa shape index (κ1) is 23.9. The monoisotopic (exact) mass is 516 g/mol. The molecule has 194 valence electrons. The number of carbonyl (C=O) groups excluding carboxylic acids is 2. The van der Waals surface area contributed by atoms with Crippen molar-refractivity contribution in [3.05, 3.63) is 75.6 Å². The summed E-state index contributed by atoms with van der Waals surface area (Å²) in [4.78, 5) is 49.1. The van der Waals surface area contributed by atoms with E-state index >= 15 is 0 Å². The highest BCUT2D eigenvalue weighted by molar-refractivity contribution is 5.97. The predicted molar refractivity (Wildman–Crippen MR) is 134 cm³/mol. The first-order chi connectivity index (χ1) is 18.5. The summed E-state index contributed by atoms with van der Waals surface area (Å²) < 4.78 is 24.9. The molecule has 0 N–H and O–H groups in total. The van der Waals surface area contributed by atoms with Gasteiger partial charge in [-0.1, -0.05) is 6.07 Å². The third-order valence-corrected chi connectivity index (χ3v) is 6.52. The van der Waals surface area contributed by atoms with E-state index in [4.69, 9.17) is 23.9 Å². The van der Waals surface area contributed by atoms with Crippen molar-refractivity contribution in [2.75, 3.05) is 20.0 Å². The maximum Gasteiger partial charge on any atom is 0.341 e. The van der Waals surface area contributed by atoms with Gasteiger partial charge in [0.1, 0.15) is 16.9 Å². The van der Waals surface area contributed by atoms with Gasteiger partial charge in [0.15, 0.2) is 17.0 Å². The number of carbonyl (C=O) groups is 2. The fourth-order valence-electron chi connectivity index (χ4n) is 4.71. The van der Waals surface area contributed by atoms with Gasteiger partial charge in [0.25, 0.3) is 11.5 Å². The molecule has 0 bridgehead atoms. The molecule has 0 radical (unpaired) electrons. The van der Waals surface area contributed by atoms with E-state index in [-0.39, 0.29) is 53.6 Å². The second kappa shape index (κ2) is 9.75. The molecule has 2 aliphatic heterocycles. The normalized spacial score (nSPS) is 16.9. The van der Waals surface area contributed by atoms with Crippen LogP contribution in [0.25, 0.3) is 16.7 Å². The van der Waals surface area contributed by atoms with Crippen LogP contribution in [0, 0.1) is 0 Å². The smallest absolute Gasteiger partial charge is 0.341 e. The maximum atomic E-state index is 13.5. The van der Waals surface area contributed by atoms with E-state index in [1.54, 1.807) is 54.1 Å². The van der Waals surface area contributed by atoms with Crippen LogP contribution in [-0.4, -0.2) is 51.9 Å². The van der Waals surface area contributed by atoms with Crippen molar-refractivity contribution in [1.29, 1.82) is 0 Å². The molecular weight excluding hydrogens is 492 g/mol. The van der Waals surface area contributed by atoms with Crippen LogP contribution >= 0.6 is 0 Å².